The third-order valence-electron chi connectivity index (χ3n) is 2.75. The molecule has 3 unspecified atom stereocenters. The van der Waals surface area contributed by atoms with Crippen molar-refractivity contribution in [3.05, 3.63) is 0 Å². The smallest absolute Gasteiger partial charge is 0.323 e. The lowest BCUT2D eigenvalue weighted by Crippen LogP contribution is -2.43. The largest absolute Gasteiger partial charge is 0.459 e. The third-order valence-corrected chi connectivity index (χ3v) is 2.75. The summed E-state index contributed by atoms with van der Waals surface area (Å²) in [6.07, 6.45) is 2.26. The van der Waals surface area contributed by atoms with Gasteiger partial charge in [-0.15, -0.1) is 0 Å². The van der Waals surface area contributed by atoms with Gasteiger partial charge < -0.3 is 10.1 Å². The van der Waals surface area contributed by atoms with E-state index in [4.69, 9.17) is 4.74 Å². The molecule has 0 bridgehead atoms. The molecule has 0 aromatic rings. The van der Waals surface area contributed by atoms with Crippen LogP contribution in [0.5, 0.6) is 0 Å². The minimum absolute atomic E-state index is 0.173. The van der Waals surface area contributed by atoms with Crippen molar-refractivity contribution < 1.29 is 9.53 Å². The molecule has 3 atom stereocenters. The predicted octanol–water partition coefficient (Wildman–Crippen LogP) is 3.13. The second-order valence-electron chi connectivity index (χ2n) is 6.07. The number of ether oxygens (including phenoxy) is 1. The van der Waals surface area contributed by atoms with E-state index in [9.17, 15) is 4.79 Å². The molecule has 0 spiro atoms. The number of nitrogens with one attached hydrogen (secondary N) is 1. The SMILES string of the molecule is CCC(C)CC(C)NC(C)C(=O)OC(C)(C)C. The van der Waals surface area contributed by atoms with E-state index in [1.54, 1.807) is 0 Å². The fourth-order valence-corrected chi connectivity index (χ4v) is 1.72. The zero-order chi connectivity index (χ0) is 13.6. The van der Waals surface area contributed by atoms with E-state index in [1.165, 1.54) is 6.42 Å². The molecular formula is C14H29NO2. The van der Waals surface area contributed by atoms with Crippen LogP contribution in [0, 0.1) is 5.92 Å². The molecule has 0 aromatic heterocycles. The number of hydrogen-bond acceptors (Lipinski definition) is 3. The molecule has 0 rings (SSSR count). The Labute approximate surface area is 106 Å². The van der Waals surface area contributed by atoms with Gasteiger partial charge in [0.1, 0.15) is 11.6 Å². The van der Waals surface area contributed by atoms with Crippen molar-refractivity contribution in [3.63, 3.8) is 0 Å². The summed E-state index contributed by atoms with van der Waals surface area (Å²) < 4.78 is 5.33. The van der Waals surface area contributed by atoms with Crippen LogP contribution in [-0.2, 0) is 9.53 Å². The van der Waals surface area contributed by atoms with Gasteiger partial charge in [0.05, 0.1) is 0 Å². The van der Waals surface area contributed by atoms with E-state index in [-0.39, 0.29) is 12.0 Å². The quantitative estimate of drug-likeness (QED) is 0.728. The number of hydrogen-bond donors (Lipinski definition) is 1. The van der Waals surface area contributed by atoms with Crippen molar-refractivity contribution in [1.29, 1.82) is 0 Å². The Balaban J connectivity index is 4.07. The van der Waals surface area contributed by atoms with Crippen LogP contribution < -0.4 is 5.32 Å². The Bertz CT molecular complexity index is 233. The van der Waals surface area contributed by atoms with Crippen molar-refractivity contribution in [2.24, 2.45) is 5.92 Å². The maximum atomic E-state index is 11.8. The first-order valence-electron chi connectivity index (χ1n) is 6.64. The average molecular weight is 243 g/mol. The van der Waals surface area contributed by atoms with Gasteiger partial charge in [-0.2, -0.15) is 0 Å². The van der Waals surface area contributed by atoms with Gasteiger partial charge in [0.2, 0.25) is 0 Å². The van der Waals surface area contributed by atoms with E-state index in [0.29, 0.717) is 12.0 Å². The number of carbonyl (C=O) groups is 1. The maximum absolute atomic E-state index is 11.8. The highest BCUT2D eigenvalue weighted by molar-refractivity contribution is 5.75. The number of carbonyl (C=O) groups excluding carboxylic acids is 1. The average Bonchev–Trinajstić information content (AvgIpc) is 2.14. The molecule has 0 aliphatic heterocycles. The van der Waals surface area contributed by atoms with Gasteiger partial charge in [-0.3, -0.25) is 4.79 Å². The zero-order valence-corrected chi connectivity index (χ0v) is 12.5. The first-order chi connectivity index (χ1) is 7.65. The second-order valence-corrected chi connectivity index (χ2v) is 6.07. The molecule has 0 aromatic carbocycles. The molecular weight excluding hydrogens is 214 g/mol. The van der Waals surface area contributed by atoms with E-state index in [0.717, 1.165) is 6.42 Å². The zero-order valence-electron chi connectivity index (χ0n) is 12.5. The summed E-state index contributed by atoms with van der Waals surface area (Å²) in [5.74, 6) is 0.511. The topological polar surface area (TPSA) is 38.3 Å². The molecule has 0 fully saturated rings. The van der Waals surface area contributed by atoms with Crippen LogP contribution in [0.25, 0.3) is 0 Å². The summed E-state index contributed by atoms with van der Waals surface area (Å²) in [6, 6.07) is 0.0979. The first-order valence-corrected chi connectivity index (χ1v) is 6.64. The number of esters is 1. The highest BCUT2D eigenvalue weighted by Gasteiger charge is 2.22. The molecule has 17 heavy (non-hydrogen) atoms. The van der Waals surface area contributed by atoms with Crippen LogP contribution in [0.2, 0.25) is 0 Å². The summed E-state index contributed by atoms with van der Waals surface area (Å²) in [5, 5.41) is 3.29. The van der Waals surface area contributed by atoms with E-state index >= 15 is 0 Å². The van der Waals surface area contributed by atoms with Gasteiger partial charge >= 0.3 is 5.97 Å². The Hall–Kier alpha value is -0.570. The third kappa shape index (κ3) is 8.19. The van der Waals surface area contributed by atoms with Gasteiger partial charge in [-0.1, -0.05) is 20.3 Å². The monoisotopic (exact) mass is 243 g/mol. The van der Waals surface area contributed by atoms with Crippen LogP contribution in [0.15, 0.2) is 0 Å². The van der Waals surface area contributed by atoms with Gasteiger partial charge in [0.25, 0.3) is 0 Å². The highest BCUT2D eigenvalue weighted by atomic mass is 16.6. The Morgan fingerprint density at radius 2 is 1.76 bits per heavy atom. The second kappa shape index (κ2) is 7.00. The van der Waals surface area contributed by atoms with Gasteiger partial charge in [0.15, 0.2) is 0 Å². The summed E-state index contributed by atoms with van der Waals surface area (Å²) in [5.41, 5.74) is -0.410. The lowest BCUT2D eigenvalue weighted by Gasteiger charge is -2.25. The van der Waals surface area contributed by atoms with Crippen LogP contribution in [0.3, 0.4) is 0 Å². The Morgan fingerprint density at radius 1 is 1.24 bits per heavy atom. The minimum Gasteiger partial charge on any atom is -0.459 e. The van der Waals surface area contributed by atoms with Crippen LogP contribution in [0.1, 0.15) is 61.3 Å². The van der Waals surface area contributed by atoms with Crippen molar-refractivity contribution >= 4 is 5.97 Å². The Morgan fingerprint density at radius 3 is 2.18 bits per heavy atom. The van der Waals surface area contributed by atoms with Crippen molar-refractivity contribution in [3.8, 4) is 0 Å². The number of rotatable bonds is 6. The summed E-state index contributed by atoms with van der Waals surface area (Å²) >= 11 is 0. The molecule has 0 saturated heterocycles. The van der Waals surface area contributed by atoms with Gasteiger partial charge in [0, 0.05) is 6.04 Å². The van der Waals surface area contributed by atoms with Gasteiger partial charge in [-0.05, 0) is 47.0 Å². The minimum atomic E-state index is -0.410. The normalized spacial score (nSPS) is 17.4. The Kier molecular flexibility index (Phi) is 6.76. The fourth-order valence-electron chi connectivity index (χ4n) is 1.72. The summed E-state index contributed by atoms with van der Waals surface area (Å²) in [4.78, 5) is 11.8. The van der Waals surface area contributed by atoms with Crippen molar-refractivity contribution in [2.45, 2.75) is 79.0 Å². The lowest BCUT2D eigenvalue weighted by atomic mass is 10.00. The van der Waals surface area contributed by atoms with Crippen LogP contribution in [0.4, 0.5) is 0 Å². The maximum Gasteiger partial charge on any atom is 0.323 e. The molecule has 102 valence electrons. The van der Waals surface area contributed by atoms with E-state index in [2.05, 4.69) is 26.1 Å². The van der Waals surface area contributed by atoms with Crippen LogP contribution >= 0.6 is 0 Å². The summed E-state index contributed by atoms with van der Waals surface area (Å²) in [6.45, 7) is 14.1. The highest BCUT2D eigenvalue weighted by Crippen LogP contribution is 2.11. The molecule has 0 amide bonds. The summed E-state index contributed by atoms with van der Waals surface area (Å²) in [7, 11) is 0. The van der Waals surface area contributed by atoms with Crippen LogP contribution in [-0.4, -0.2) is 23.7 Å². The molecule has 0 aliphatic carbocycles. The molecule has 1 N–H and O–H groups in total. The fraction of sp³-hybridized carbons (Fsp3) is 0.929. The van der Waals surface area contributed by atoms with Crippen molar-refractivity contribution in [2.75, 3.05) is 0 Å². The predicted molar refractivity (Wildman–Crippen MR) is 72.0 cm³/mol. The molecule has 3 nitrogen and oxygen atoms in total. The first kappa shape index (κ1) is 16.4. The van der Waals surface area contributed by atoms with Crippen molar-refractivity contribution in [1.82, 2.24) is 5.32 Å². The van der Waals surface area contributed by atoms with E-state index in [1.807, 2.05) is 27.7 Å². The molecule has 0 heterocycles. The standard InChI is InChI=1S/C14H29NO2/c1-8-10(2)9-11(3)15-12(4)13(16)17-14(5,6)7/h10-12,15H,8-9H2,1-7H3. The van der Waals surface area contributed by atoms with E-state index < -0.39 is 5.60 Å². The molecule has 0 radical (unpaired) electrons. The molecule has 3 heteroatoms. The van der Waals surface area contributed by atoms with Gasteiger partial charge in [-0.25, -0.2) is 0 Å². The lowest BCUT2D eigenvalue weighted by molar-refractivity contribution is -0.157. The molecule has 0 aliphatic rings. The molecule has 0 saturated carbocycles.